The summed E-state index contributed by atoms with van der Waals surface area (Å²) < 4.78 is 6.24. The van der Waals surface area contributed by atoms with Gasteiger partial charge in [0.1, 0.15) is 5.75 Å². The van der Waals surface area contributed by atoms with Crippen LogP contribution in [0.3, 0.4) is 0 Å². The summed E-state index contributed by atoms with van der Waals surface area (Å²) in [7, 11) is 1.68. The van der Waals surface area contributed by atoms with Crippen molar-refractivity contribution >= 4 is 28.3 Å². The molecule has 1 fully saturated rings. The van der Waals surface area contributed by atoms with Gasteiger partial charge >= 0.3 is 0 Å². The quantitative estimate of drug-likeness (QED) is 0.923. The largest absolute Gasteiger partial charge is 0.496 e. The van der Waals surface area contributed by atoms with Gasteiger partial charge in [0.15, 0.2) is 0 Å². The lowest BCUT2D eigenvalue weighted by Gasteiger charge is -2.30. The van der Waals surface area contributed by atoms with E-state index in [1.54, 1.807) is 7.11 Å². The Kier molecular flexibility index (Phi) is 6.43. The minimum atomic E-state index is 0. The molecule has 1 atom stereocenters. The Labute approximate surface area is 123 Å². The predicted molar refractivity (Wildman–Crippen MR) is 80.4 cm³/mol. The van der Waals surface area contributed by atoms with Crippen molar-refractivity contribution in [1.29, 1.82) is 0 Å². The molecule has 2 N–H and O–H groups in total. The molecule has 0 radical (unpaired) electrons. The van der Waals surface area contributed by atoms with Crippen molar-refractivity contribution in [2.45, 2.75) is 25.4 Å². The van der Waals surface area contributed by atoms with Gasteiger partial charge in [-0.25, -0.2) is 0 Å². The molecule has 18 heavy (non-hydrogen) atoms. The first-order valence-electron chi connectivity index (χ1n) is 5.99. The molecule has 1 heterocycles. The van der Waals surface area contributed by atoms with E-state index in [4.69, 9.17) is 10.5 Å². The molecule has 0 saturated carbocycles. The Morgan fingerprint density at radius 3 is 2.89 bits per heavy atom. The summed E-state index contributed by atoms with van der Waals surface area (Å²) in [5.41, 5.74) is 7.28. The Morgan fingerprint density at radius 1 is 1.50 bits per heavy atom. The normalized spacial score (nSPS) is 20.3. The summed E-state index contributed by atoms with van der Waals surface area (Å²) in [6.07, 6.45) is 2.36. The smallest absolute Gasteiger partial charge is 0.133 e. The van der Waals surface area contributed by atoms with Crippen molar-refractivity contribution in [2.24, 2.45) is 5.73 Å². The number of benzene rings is 1. The van der Waals surface area contributed by atoms with E-state index in [0.29, 0.717) is 6.04 Å². The lowest BCUT2D eigenvalue weighted by Crippen LogP contribution is -2.42. The molecule has 5 heteroatoms. The zero-order valence-corrected chi connectivity index (χ0v) is 13.0. The number of ether oxygens (including phenoxy) is 1. The molecular weight excluding hydrogens is 316 g/mol. The Hall–Kier alpha value is -0.290. The van der Waals surface area contributed by atoms with E-state index in [2.05, 4.69) is 33.0 Å². The molecule has 2 rings (SSSR count). The van der Waals surface area contributed by atoms with Crippen molar-refractivity contribution in [3.63, 3.8) is 0 Å². The first kappa shape index (κ1) is 15.8. The molecule has 102 valence electrons. The fourth-order valence-corrected chi connectivity index (χ4v) is 2.89. The van der Waals surface area contributed by atoms with Crippen LogP contribution in [0.25, 0.3) is 0 Å². The van der Waals surface area contributed by atoms with Crippen LogP contribution in [0.4, 0.5) is 0 Å². The molecule has 0 aliphatic carbocycles. The lowest BCUT2D eigenvalue weighted by molar-refractivity contribution is 0.201. The van der Waals surface area contributed by atoms with Crippen LogP contribution in [-0.2, 0) is 6.54 Å². The number of likely N-dealkylation sites (tertiary alicyclic amines) is 1. The van der Waals surface area contributed by atoms with Crippen LogP contribution >= 0.6 is 28.3 Å². The maximum Gasteiger partial charge on any atom is 0.133 e. The third-order valence-corrected chi connectivity index (χ3v) is 3.78. The average molecular weight is 336 g/mol. The van der Waals surface area contributed by atoms with Crippen molar-refractivity contribution in [3.05, 3.63) is 28.2 Å². The van der Waals surface area contributed by atoms with E-state index in [-0.39, 0.29) is 12.4 Å². The van der Waals surface area contributed by atoms with Gasteiger partial charge in [-0.2, -0.15) is 0 Å². The number of halogens is 2. The molecule has 1 aromatic carbocycles. The number of nitrogens with two attached hydrogens (primary N) is 1. The minimum absolute atomic E-state index is 0. The van der Waals surface area contributed by atoms with E-state index >= 15 is 0 Å². The Balaban J connectivity index is 0.00000162. The second-order valence-electron chi connectivity index (χ2n) is 4.61. The highest BCUT2D eigenvalue weighted by atomic mass is 79.9. The predicted octanol–water partition coefficient (Wildman–Crippen LogP) is 2.80. The molecule has 1 saturated heterocycles. The zero-order chi connectivity index (χ0) is 12.3. The van der Waals surface area contributed by atoms with E-state index in [0.717, 1.165) is 36.3 Å². The summed E-state index contributed by atoms with van der Waals surface area (Å²) in [6, 6.07) is 6.58. The van der Waals surface area contributed by atoms with Gasteiger partial charge in [0, 0.05) is 19.1 Å². The van der Waals surface area contributed by atoms with Crippen LogP contribution in [0.15, 0.2) is 22.7 Å². The van der Waals surface area contributed by atoms with E-state index in [1.165, 1.54) is 12.0 Å². The van der Waals surface area contributed by atoms with E-state index in [9.17, 15) is 0 Å². The SMILES string of the molecule is COc1ccc(CN2CCCC(N)C2)cc1Br.Cl. The van der Waals surface area contributed by atoms with Crippen molar-refractivity contribution in [1.82, 2.24) is 4.90 Å². The number of rotatable bonds is 3. The molecule has 0 spiro atoms. The van der Waals surface area contributed by atoms with Crippen molar-refractivity contribution < 1.29 is 4.74 Å². The molecule has 1 aromatic rings. The first-order chi connectivity index (χ1) is 8.19. The molecule has 0 amide bonds. The second kappa shape index (κ2) is 7.34. The maximum atomic E-state index is 5.98. The highest BCUT2D eigenvalue weighted by Crippen LogP contribution is 2.26. The Morgan fingerprint density at radius 2 is 2.28 bits per heavy atom. The number of nitrogens with zero attached hydrogens (tertiary/aromatic N) is 1. The van der Waals surface area contributed by atoms with Gasteiger partial charge < -0.3 is 10.5 Å². The van der Waals surface area contributed by atoms with Crippen LogP contribution in [0.5, 0.6) is 5.75 Å². The highest BCUT2D eigenvalue weighted by Gasteiger charge is 2.16. The fraction of sp³-hybridized carbons (Fsp3) is 0.538. The zero-order valence-electron chi connectivity index (χ0n) is 10.6. The second-order valence-corrected chi connectivity index (χ2v) is 5.46. The van der Waals surface area contributed by atoms with Crippen molar-refractivity contribution in [3.8, 4) is 5.75 Å². The van der Waals surface area contributed by atoms with Gasteiger partial charge in [0.2, 0.25) is 0 Å². The molecule has 0 bridgehead atoms. The molecule has 0 aromatic heterocycles. The monoisotopic (exact) mass is 334 g/mol. The number of hydrogen-bond donors (Lipinski definition) is 1. The van der Waals surface area contributed by atoms with Gasteiger partial charge in [-0.05, 0) is 53.0 Å². The highest BCUT2D eigenvalue weighted by molar-refractivity contribution is 9.10. The van der Waals surface area contributed by atoms with E-state index in [1.807, 2.05) is 6.07 Å². The van der Waals surface area contributed by atoms with E-state index < -0.39 is 0 Å². The van der Waals surface area contributed by atoms with Crippen LogP contribution in [-0.4, -0.2) is 31.1 Å². The fourth-order valence-electron chi connectivity index (χ4n) is 2.30. The van der Waals surface area contributed by atoms with Gasteiger partial charge in [-0.3, -0.25) is 4.90 Å². The summed E-state index contributed by atoms with van der Waals surface area (Å²) in [4.78, 5) is 2.42. The van der Waals surface area contributed by atoms with Crippen molar-refractivity contribution in [2.75, 3.05) is 20.2 Å². The third-order valence-electron chi connectivity index (χ3n) is 3.16. The summed E-state index contributed by atoms with van der Waals surface area (Å²) in [5, 5.41) is 0. The van der Waals surface area contributed by atoms with Gasteiger partial charge in [0.25, 0.3) is 0 Å². The molecular formula is C13H20BrClN2O. The van der Waals surface area contributed by atoms with Gasteiger partial charge in [0.05, 0.1) is 11.6 Å². The van der Waals surface area contributed by atoms with Gasteiger partial charge in [-0.15, -0.1) is 12.4 Å². The third kappa shape index (κ3) is 4.12. The van der Waals surface area contributed by atoms with Crippen LogP contribution in [0.1, 0.15) is 18.4 Å². The summed E-state index contributed by atoms with van der Waals surface area (Å²) >= 11 is 3.52. The van der Waals surface area contributed by atoms with Crippen LogP contribution in [0.2, 0.25) is 0 Å². The van der Waals surface area contributed by atoms with Crippen LogP contribution in [0, 0.1) is 0 Å². The summed E-state index contributed by atoms with van der Waals surface area (Å²) in [5.74, 6) is 0.879. The topological polar surface area (TPSA) is 38.5 Å². The summed E-state index contributed by atoms with van der Waals surface area (Å²) in [6.45, 7) is 3.12. The molecule has 1 unspecified atom stereocenters. The number of hydrogen-bond acceptors (Lipinski definition) is 3. The lowest BCUT2D eigenvalue weighted by atomic mass is 10.1. The molecule has 1 aliphatic heterocycles. The standard InChI is InChI=1S/C13H19BrN2O.ClH/c1-17-13-5-4-10(7-12(13)14)8-16-6-2-3-11(15)9-16;/h4-5,7,11H,2-3,6,8-9,15H2,1H3;1H. The number of methoxy groups -OCH3 is 1. The van der Waals surface area contributed by atoms with Crippen LogP contribution < -0.4 is 10.5 Å². The number of piperidine rings is 1. The Bertz CT molecular complexity index is 389. The maximum absolute atomic E-state index is 5.98. The average Bonchev–Trinajstić information content (AvgIpc) is 2.29. The van der Waals surface area contributed by atoms with Gasteiger partial charge in [-0.1, -0.05) is 6.07 Å². The first-order valence-corrected chi connectivity index (χ1v) is 6.78. The molecule has 3 nitrogen and oxygen atoms in total. The molecule has 1 aliphatic rings. The minimum Gasteiger partial charge on any atom is -0.496 e.